The van der Waals surface area contributed by atoms with Crippen molar-refractivity contribution in [1.82, 2.24) is 20.2 Å². The van der Waals surface area contributed by atoms with Gasteiger partial charge in [0.1, 0.15) is 17.4 Å². The number of benzene rings is 2. The topological polar surface area (TPSA) is 166 Å². The Hall–Kier alpha value is -4.91. The molecule has 4 N–H and O–H groups in total. The Bertz CT molecular complexity index is 2000. The van der Waals surface area contributed by atoms with Crippen LogP contribution in [-0.2, 0) is 27.3 Å². The Kier molecular flexibility index (Phi) is 12.5. The van der Waals surface area contributed by atoms with Crippen LogP contribution in [0.25, 0.3) is 33.6 Å². The largest absolute Gasteiger partial charge is 0.496 e. The standard InChI is InChI=1S/C39H43Cl2N5O7/c1-39(2,3)53-38(50)46(21-25-13-16-32(47)44-25)20-24-12-15-30(45-36(24)52-5)28-8-6-7-26(33(28)40)27-17-18-43-35(34(27)41)23-10-9-22(31(19-23)51-4)11-14-29(42)37(48)49/h6-10,12,15,17-19,25,29H,11,13-14,16,20-21,42H2,1-5H3,(H,44,47)(H,48,49)/t25?,29-/m0/s1. The predicted molar refractivity (Wildman–Crippen MR) is 203 cm³/mol. The highest BCUT2D eigenvalue weighted by Gasteiger charge is 2.29. The molecule has 3 heterocycles. The summed E-state index contributed by atoms with van der Waals surface area (Å²) in [5.41, 5.74) is 10.1. The zero-order valence-electron chi connectivity index (χ0n) is 30.2. The molecule has 53 heavy (non-hydrogen) atoms. The van der Waals surface area contributed by atoms with E-state index in [0.717, 1.165) is 5.56 Å². The van der Waals surface area contributed by atoms with Gasteiger partial charge in [-0.05, 0) is 69.9 Å². The van der Waals surface area contributed by atoms with Crippen LogP contribution in [0.3, 0.4) is 0 Å². The van der Waals surface area contributed by atoms with Gasteiger partial charge in [-0.2, -0.15) is 0 Å². The van der Waals surface area contributed by atoms with E-state index in [-0.39, 0.29) is 31.5 Å². The number of carboxylic acids is 1. The van der Waals surface area contributed by atoms with E-state index in [0.29, 0.717) is 80.1 Å². The summed E-state index contributed by atoms with van der Waals surface area (Å²) < 4.78 is 17.0. The van der Waals surface area contributed by atoms with E-state index in [2.05, 4.69) is 10.3 Å². The fourth-order valence-corrected chi connectivity index (χ4v) is 6.70. The molecule has 280 valence electrons. The fraction of sp³-hybridized carbons (Fsp3) is 0.359. The number of carbonyl (C=O) groups is 3. The number of ether oxygens (including phenoxy) is 3. The minimum absolute atomic E-state index is 0.0438. The molecular weight excluding hydrogens is 721 g/mol. The Morgan fingerprint density at radius 3 is 2.40 bits per heavy atom. The molecule has 2 aromatic carbocycles. The maximum absolute atomic E-state index is 13.3. The lowest BCUT2D eigenvalue weighted by atomic mass is 9.98. The van der Waals surface area contributed by atoms with Gasteiger partial charge < -0.3 is 35.3 Å². The maximum Gasteiger partial charge on any atom is 0.410 e. The van der Waals surface area contributed by atoms with Gasteiger partial charge in [-0.3, -0.25) is 14.6 Å². The highest BCUT2D eigenvalue weighted by molar-refractivity contribution is 6.39. The average molecular weight is 765 g/mol. The van der Waals surface area contributed by atoms with E-state index in [1.165, 1.54) is 7.11 Å². The molecule has 1 saturated heterocycles. The first-order valence-electron chi connectivity index (χ1n) is 17.1. The molecule has 1 aliphatic heterocycles. The Labute approximate surface area is 318 Å². The number of nitrogens with two attached hydrogens (primary N) is 1. The number of aryl methyl sites for hydroxylation is 1. The van der Waals surface area contributed by atoms with E-state index in [1.807, 2.05) is 48.5 Å². The summed E-state index contributed by atoms with van der Waals surface area (Å²) in [5, 5.41) is 12.9. The minimum atomic E-state index is -1.06. The van der Waals surface area contributed by atoms with Crippen molar-refractivity contribution >= 4 is 41.2 Å². The molecule has 14 heteroatoms. The van der Waals surface area contributed by atoms with Gasteiger partial charge in [-0.1, -0.05) is 53.5 Å². The summed E-state index contributed by atoms with van der Waals surface area (Å²) in [6.07, 6.45) is 2.84. The average Bonchev–Trinajstić information content (AvgIpc) is 3.54. The second-order valence-corrected chi connectivity index (χ2v) is 14.5. The predicted octanol–water partition coefficient (Wildman–Crippen LogP) is 7.16. The molecule has 2 aromatic heterocycles. The van der Waals surface area contributed by atoms with Crippen LogP contribution in [0.4, 0.5) is 4.79 Å². The van der Waals surface area contributed by atoms with Crippen molar-refractivity contribution in [2.75, 3.05) is 20.8 Å². The number of rotatable bonds is 13. The first-order chi connectivity index (χ1) is 25.2. The molecule has 2 atom stereocenters. The molecule has 5 rings (SSSR count). The van der Waals surface area contributed by atoms with Gasteiger partial charge in [0.15, 0.2) is 0 Å². The number of nitrogens with one attached hydrogen (secondary N) is 1. The van der Waals surface area contributed by atoms with Crippen molar-refractivity contribution in [3.8, 4) is 45.3 Å². The fourth-order valence-electron chi connectivity index (χ4n) is 6.06. The number of aliphatic carboxylic acids is 1. The van der Waals surface area contributed by atoms with Crippen molar-refractivity contribution in [1.29, 1.82) is 0 Å². The van der Waals surface area contributed by atoms with Gasteiger partial charge in [0.2, 0.25) is 11.8 Å². The van der Waals surface area contributed by atoms with Crippen molar-refractivity contribution in [3.05, 3.63) is 82.0 Å². The van der Waals surface area contributed by atoms with E-state index < -0.39 is 23.7 Å². The van der Waals surface area contributed by atoms with Gasteiger partial charge in [0.05, 0.1) is 42.2 Å². The van der Waals surface area contributed by atoms with E-state index in [1.54, 1.807) is 45.0 Å². The van der Waals surface area contributed by atoms with Crippen LogP contribution in [0.15, 0.2) is 60.8 Å². The van der Waals surface area contributed by atoms with Crippen LogP contribution in [-0.4, -0.2) is 76.4 Å². The molecule has 2 amide bonds. The van der Waals surface area contributed by atoms with Crippen LogP contribution in [0.5, 0.6) is 11.6 Å². The zero-order valence-corrected chi connectivity index (χ0v) is 31.8. The monoisotopic (exact) mass is 763 g/mol. The van der Waals surface area contributed by atoms with Crippen molar-refractivity contribution in [2.24, 2.45) is 5.73 Å². The summed E-state index contributed by atoms with van der Waals surface area (Å²) in [6, 6.07) is 15.3. The van der Waals surface area contributed by atoms with Crippen LogP contribution in [0, 0.1) is 0 Å². The lowest BCUT2D eigenvalue weighted by Gasteiger charge is -2.29. The summed E-state index contributed by atoms with van der Waals surface area (Å²) in [7, 11) is 3.05. The third-order valence-corrected chi connectivity index (χ3v) is 9.52. The van der Waals surface area contributed by atoms with Crippen molar-refractivity contribution < 1.29 is 33.7 Å². The number of carbonyl (C=O) groups excluding carboxylic acids is 2. The lowest BCUT2D eigenvalue weighted by molar-refractivity contribution is -0.138. The number of hydrogen-bond acceptors (Lipinski definition) is 9. The molecule has 0 spiro atoms. The molecule has 12 nitrogen and oxygen atoms in total. The van der Waals surface area contributed by atoms with Gasteiger partial charge in [-0.15, -0.1) is 0 Å². The first kappa shape index (κ1) is 39.3. The van der Waals surface area contributed by atoms with Gasteiger partial charge >= 0.3 is 12.1 Å². The van der Waals surface area contributed by atoms with E-state index in [4.69, 9.17) is 53.2 Å². The normalized spacial score (nSPS) is 14.7. The van der Waals surface area contributed by atoms with Crippen molar-refractivity contribution in [2.45, 2.75) is 70.7 Å². The molecule has 0 saturated carbocycles. The third-order valence-electron chi connectivity index (χ3n) is 8.73. The smallest absolute Gasteiger partial charge is 0.410 e. The van der Waals surface area contributed by atoms with Gasteiger partial charge in [0, 0.05) is 53.0 Å². The number of aromatic nitrogens is 2. The molecular formula is C39H43Cl2N5O7. The quantitative estimate of drug-likeness (QED) is 0.127. The lowest BCUT2D eigenvalue weighted by Crippen LogP contribution is -2.43. The number of halogens is 2. The van der Waals surface area contributed by atoms with Crippen LogP contribution >= 0.6 is 23.2 Å². The molecule has 1 unspecified atom stereocenters. The first-order valence-corrected chi connectivity index (χ1v) is 17.8. The molecule has 0 aliphatic carbocycles. The van der Waals surface area contributed by atoms with Crippen molar-refractivity contribution in [3.63, 3.8) is 0 Å². The number of pyridine rings is 2. The Morgan fingerprint density at radius 2 is 1.74 bits per heavy atom. The third kappa shape index (κ3) is 9.56. The van der Waals surface area contributed by atoms with Crippen LogP contribution < -0.4 is 20.5 Å². The molecule has 0 bridgehead atoms. The van der Waals surface area contributed by atoms with Crippen LogP contribution in [0.1, 0.15) is 51.2 Å². The number of hydrogen-bond donors (Lipinski definition) is 3. The van der Waals surface area contributed by atoms with E-state index >= 15 is 0 Å². The van der Waals surface area contributed by atoms with E-state index in [9.17, 15) is 14.4 Å². The Balaban J connectivity index is 1.43. The summed E-state index contributed by atoms with van der Waals surface area (Å²) in [4.78, 5) is 47.2. The SMILES string of the molecule is COc1cc(-c2nccc(-c3cccc(-c4ccc(CN(CC5CCC(=O)N5)C(=O)OC(C)(C)C)c(OC)n4)c3Cl)c2Cl)ccc1CC[C@H](N)C(=O)O. The number of nitrogens with zero attached hydrogens (tertiary/aromatic N) is 3. The summed E-state index contributed by atoms with van der Waals surface area (Å²) >= 11 is 14.1. The Morgan fingerprint density at radius 1 is 1.02 bits per heavy atom. The summed E-state index contributed by atoms with van der Waals surface area (Å²) in [5.74, 6) is -0.235. The molecule has 0 radical (unpaired) electrons. The highest BCUT2D eigenvalue weighted by atomic mass is 35.5. The summed E-state index contributed by atoms with van der Waals surface area (Å²) in [6.45, 7) is 5.81. The maximum atomic E-state index is 13.3. The molecule has 1 fully saturated rings. The van der Waals surface area contributed by atoms with Crippen LogP contribution in [0.2, 0.25) is 10.0 Å². The van der Waals surface area contributed by atoms with Gasteiger partial charge in [-0.25, -0.2) is 9.78 Å². The number of amides is 2. The number of methoxy groups -OCH3 is 2. The molecule has 1 aliphatic rings. The molecule has 4 aromatic rings. The second-order valence-electron chi connectivity index (χ2n) is 13.7. The van der Waals surface area contributed by atoms with Gasteiger partial charge in [0.25, 0.3) is 0 Å². The zero-order chi connectivity index (χ0) is 38.4. The highest BCUT2D eigenvalue weighted by Crippen LogP contribution is 2.42. The second kappa shape index (κ2) is 16.8. The number of carboxylic acid groups (broad SMARTS) is 1. The minimum Gasteiger partial charge on any atom is -0.496 e.